The highest BCUT2D eigenvalue weighted by Gasteiger charge is 2.36. The normalized spacial score (nSPS) is 27.9. The number of methoxy groups -OCH3 is 1. The number of carbonyl (C=O) groups excluding carboxylic acids is 1. The number of hydrogen-bond donors (Lipinski definition) is 1. The Bertz CT molecular complexity index is 718. The van der Waals surface area contributed by atoms with Gasteiger partial charge in [-0.3, -0.25) is 0 Å². The van der Waals surface area contributed by atoms with Gasteiger partial charge in [0.15, 0.2) is 0 Å². The van der Waals surface area contributed by atoms with Crippen molar-refractivity contribution in [2.45, 2.75) is 50.2 Å². The molecule has 31 heavy (non-hydrogen) atoms. The van der Waals surface area contributed by atoms with Gasteiger partial charge in [-0.15, -0.1) is 9.03 Å². The molecule has 1 amide bonds. The van der Waals surface area contributed by atoms with Crippen LogP contribution in [0.2, 0.25) is 0 Å². The largest absolute Gasteiger partial charge is 0.579 e. The summed E-state index contributed by atoms with van der Waals surface area (Å²) in [6.07, 6.45) is 4.30. The maximum absolute atomic E-state index is 13.5. The molecular weight excluding hydrogens is 421 g/mol. The molecule has 0 bridgehead atoms. The van der Waals surface area contributed by atoms with Crippen LogP contribution in [0.25, 0.3) is 0 Å². The molecule has 1 aromatic carbocycles. The molecule has 2 aliphatic rings. The molecule has 7 nitrogen and oxygen atoms in total. The topological polar surface area (TPSA) is 77.1 Å². The number of rotatable bonds is 7. The molecule has 3 rings (SSSR count). The molecule has 9 heteroatoms. The Morgan fingerprint density at radius 3 is 2.68 bits per heavy atom. The number of carbonyl (C=O) groups is 1. The molecular formula is C22H34FN3O4S. The van der Waals surface area contributed by atoms with Gasteiger partial charge in [-0.25, -0.2) is 9.18 Å². The lowest BCUT2D eigenvalue weighted by Crippen LogP contribution is -2.55. The van der Waals surface area contributed by atoms with Gasteiger partial charge in [0.2, 0.25) is 0 Å². The monoisotopic (exact) mass is 455 g/mol. The Balaban J connectivity index is 1.53. The molecule has 1 aliphatic carbocycles. The maximum atomic E-state index is 13.5. The first-order valence-corrected chi connectivity index (χ1v) is 12.0. The van der Waals surface area contributed by atoms with Gasteiger partial charge in [-0.05, 0) is 55.7 Å². The fourth-order valence-corrected chi connectivity index (χ4v) is 5.25. The van der Waals surface area contributed by atoms with Crippen molar-refractivity contribution in [1.82, 2.24) is 13.9 Å². The molecule has 0 spiro atoms. The van der Waals surface area contributed by atoms with Crippen LogP contribution in [0.1, 0.15) is 43.6 Å². The van der Waals surface area contributed by atoms with Gasteiger partial charge in [0, 0.05) is 33.1 Å². The molecule has 0 radical (unpaired) electrons. The number of ether oxygens (including phenoxy) is 2. The molecule has 1 saturated carbocycles. The van der Waals surface area contributed by atoms with E-state index in [2.05, 4.69) is 4.72 Å². The minimum Gasteiger partial charge on any atom is -0.579 e. The summed E-state index contributed by atoms with van der Waals surface area (Å²) in [6.45, 7) is 1.56. The van der Waals surface area contributed by atoms with Crippen molar-refractivity contribution < 1.29 is 23.2 Å². The highest BCUT2D eigenvalue weighted by Crippen LogP contribution is 2.34. The third-order valence-corrected chi connectivity index (χ3v) is 7.46. The van der Waals surface area contributed by atoms with Gasteiger partial charge < -0.3 is 18.9 Å². The summed E-state index contributed by atoms with van der Waals surface area (Å²) in [5, 5.41) is 0. The second-order valence-corrected chi connectivity index (χ2v) is 10.1. The minimum atomic E-state index is -1.29. The van der Waals surface area contributed by atoms with E-state index in [1.807, 2.05) is 6.07 Å². The molecule has 1 aliphatic heterocycles. The van der Waals surface area contributed by atoms with E-state index in [0.29, 0.717) is 32.0 Å². The van der Waals surface area contributed by atoms with E-state index in [9.17, 15) is 13.7 Å². The summed E-state index contributed by atoms with van der Waals surface area (Å²) in [4.78, 5) is 13.7. The van der Waals surface area contributed by atoms with Crippen LogP contribution in [-0.4, -0.2) is 72.9 Å². The SMILES string of the molecule is COC(=O)N1CCC(N[S+]([O-])N(C)C)C(CO[C@H]2CC[C@@H](c3cccc(F)c3)CC2)C1. The summed E-state index contributed by atoms with van der Waals surface area (Å²) < 4.78 is 41.7. The van der Waals surface area contributed by atoms with Crippen LogP contribution in [-0.2, 0) is 21.0 Å². The van der Waals surface area contributed by atoms with Crippen LogP contribution < -0.4 is 4.72 Å². The van der Waals surface area contributed by atoms with Gasteiger partial charge in [0.05, 0.1) is 25.9 Å². The summed E-state index contributed by atoms with van der Waals surface area (Å²) in [6, 6.07) is 6.88. The number of amides is 1. The predicted octanol–water partition coefficient (Wildman–Crippen LogP) is 3.06. The standard InChI is InChI=1S/C22H34FN3O4S/c1-25(2)31(28)24-21-11-12-26(22(27)29-3)14-18(21)15-30-20-9-7-16(8-10-20)17-5-4-6-19(23)13-17/h4-6,13,16,18,20-21,24H,7-12,14-15H2,1-3H3/t16-,18?,20+,21?,31?. The van der Waals surface area contributed by atoms with E-state index >= 15 is 0 Å². The second kappa shape index (κ2) is 11.5. The lowest BCUT2D eigenvalue weighted by molar-refractivity contribution is -0.0159. The van der Waals surface area contributed by atoms with E-state index in [-0.39, 0.29) is 30.0 Å². The van der Waals surface area contributed by atoms with Crippen LogP contribution in [0.5, 0.6) is 0 Å². The highest BCUT2D eigenvalue weighted by atomic mass is 32.2. The first-order chi connectivity index (χ1) is 14.9. The molecule has 1 N–H and O–H groups in total. The lowest BCUT2D eigenvalue weighted by Gasteiger charge is -2.39. The number of likely N-dealkylation sites (tertiary alicyclic amines) is 1. The van der Waals surface area contributed by atoms with Crippen molar-refractivity contribution in [2.24, 2.45) is 5.92 Å². The van der Waals surface area contributed by atoms with Crippen LogP contribution in [0.4, 0.5) is 9.18 Å². The van der Waals surface area contributed by atoms with E-state index in [4.69, 9.17) is 9.47 Å². The smallest absolute Gasteiger partial charge is 0.409 e. The zero-order chi connectivity index (χ0) is 22.4. The number of piperidine rings is 1. The van der Waals surface area contributed by atoms with E-state index in [0.717, 1.165) is 31.2 Å². The minimum absolute atomic E-state index is 0.00669. The molecule has 1 aromatic rings. The van der Waals surface area contributed by atoms with Crippen LogP contribution >= 0.6 is 0 Å². The van der Waals surface area contributed by atoms with Crippen molar-refractivity contribution in [3.63, 3.8) is 0 Å². The lowest BCUT2D eigenvalue weighted by atomic mass is 9.82. The molecule has 1 saturated heterocycles. The van der Waals surface area contributed by atoms with Crippen molar-refractivity contribution in [3.05, 3.63) is 35.6 Å². The molecule has 174 valence electrons. The van der Waals surface area contributed by atoms with E-state index in [1.54, 1.807) is 35.4 Å². The number of halogens is 1. The summed E-state index contributed by atoms with van der Waals surface area (Å²) in [5.74, 6) is 0.214. The summed E-state index contributed by atoms with van der Waals surface area (Å²) in [5.41, 5.74) is 1.06. The number of hydrogen-bond acceptors (Lipinski definition) is 6. The van der Waals surface area contributed by atoms with Gasteiger partial charge in [0.1, 0.15) is 17.4 Å². The van der Waals surface area contributed by atoms with Crippen LogP contribution in [0.3, 0.4) is 0 Å². The molecule has 3 atom stereocenters. The van der Waals surface area contributed by atoms with E-state index in [1.165, 1.54) is 13.2 Å². The van der Waals surface area contributed by atoms with Gasteiger partial charge in [-0.2, -0.15) is 0 Å². The zero-order valence-corrected chi connectivity index (χ0v) is 19.4. The average molecular weight is 456 g/mol. The Labute approximate surface area is 187 Å². The molecule has 1 heterocycles. The second-order valence-electron chi connectivity index (χ2n) is 8.61. The maximum Gasteiger partial charge on any atom is 0.409 e. The highest BCUT2D eigenvalue weighted by molar-refractivity contribution is 7.87. The van der Waals surface area contributed by atoms with Gasteiger partial charge in [-0.1, -0.05) is 12.1 Å². The third kappa shape index (κ3) is 6.79. The van der Waals surface area contributed by atoms with Gasteiger partial charge >= 0.3 is 6.09 Å². The van der Waals surface area contributed by atoms with Crippen molar-refractivity contribution in [3.8, 4) is 0 Å². The van der Waals surface area contributed by atoms with E-state index < -0.39 is 11.5 Å². The first-order valence-electron chi connectivity index (χ1n) is 10.9. The number of nitrogens with zero attached hydrogens (tertiary/aromatic N) is 2. The molecule has 3 unspecified atom stereocenters. The van der Waals surface area contributed by atoms with Crippen molar-refractivity contribution in [2.75, 3.05) is 40.9 Å². The third-order valence-electron chi connectivity index (χ3n) is 6.29. The Kier molecular flexibility index (Phi) is 8.97. The van der Waals surface area contributed by atoms with Crippen molar-refractivity contribution in [1.29, 1.82) is 0 Å². The Hall–Kier alpha value is -1.39. The fourth-order valence-electron chi connectivity index (χ4n) is 4.47. The molecule has 2 fully saturated rings. The first kappa shape index (κ1) is 24.3. The fraction of sp³-hybridized carbons (Fsp3) is 0.682. The summed E-state index contributed by atoms with van der Waals surface area (Å²) in [7, 11) is 4.90. The predicted molar refractivity (Wildman–Crippen MR) is 118 cm³/mol. The van der Waals surface area contributed by atoms with Crippen LogP contribution in [0.15, 0.2) is 24.3 Å². The van der Waals surface area contributed by atoms with Gasteiger partial charge in [0.25, 0.3) is 0 Å². The number of nitrogens with one attached hydrogen (secondary N) is 1. The zero-order valence-electron chi connectivity index (χ0n) is 18.6. The Morgan fingerprint density at radius 2 is 2.03 bits per heavy atom. The van der Waals surface area contributed by atoms with Crippen LogP contribution in [0, 0.1) is 11.7 Å². The number of benzene rings is 1. The average Bonchev–Trinajstić information content (AvgIpc) is 2.78. The quantitative estimate of drug-likeness (QED) is 0.637. The van der Waals surface area contributed by atoms with Crippen molar-refractivity contribution >= 4 is 17.6 Å². The molecule has 0 aromatic heterocycles. The Morgan fingerprint density at radius 1 is 1.29 bits per heavy atom. The summed E-state index contributed by atoms with van der Waals surface area (Å²) >= 11 is -1.29.